The van der Waals surface area contributed by atoms with E-state index in [0.29, 0.717) is 18.3 Å². The summed E-state index contributed by atoms with van der Waals surface area (Å²) in [6, 6.07) is 8.34. The molecule has 0 aliphatic carbocycles. The van der Waals surface area contributed by atoms with Crippen LogP contribution in [0.15, 0.2) is 24.3 Å². The van der Waals surface area contributed by atoms with Crippen LogP contribution >= 0.6 is 0 Å². The first-order valence-corrected chi connectivity index (χ1v) is 12.8. The van der Waals surface area contributed by atoms with Crippen LogP contribution in [0.1, 0.15) is 61.5 Å². The molecular weight excluding hydrogens is 503 g/mol. The Morgan fingerprint density at radius 1 is 1.18 bits per heavy atom. The largest absolute Gasteiger partial charge is 0.497 e. The van der Waals surface area contributed by atoms with E-state index in [9.17, 15) is 18.0 Å². The molecule has 1 amide bonds. The molecule has 0 saturated carbocycles. The number of carboxylic acids is 1. The van der Waals surface area contributed by atoms with Gasteiger partial charge in [0.15, 0.2) is 0 Å². The molecule has 1 fully saturated rings. The second-order valence-electron chi connectivity index (χ2n) is 10.4. The highest BCUT2D eigenvalue weighted by atomic mass is 19.4. The number of halogens is 3. The maximum atomic E-state index is 12.7. The van der Waals surface area contributed by atoms with Crippen LogP contribution in [0.5, 0.6) is 5.75 Å². The highest BCUT2D eigenvalue weighted by molar-refractivity contribution is 5.90. The number of carboxylic acid groups (broad SMARTS) is 1. The highest BCUT2D eigenvalue weighted by Crippen LogP contribution is 2.41. The number of rotatable bonds is 7. The van der Waals surface area contributed by atoms with Crippen LogP contribution in [0.2, 0.25) is 0 Å². The quantitative estimate of drug-likeness (QED) is 0.549. The molecule has 2 aromatic rings. The summed E-state index contributed by atoms with van der Waals surface area (Å²) in [7, 11) is 1.71. The number of nitrogens with zero attached hydrogens (tertiary/aromatic N) is 4. The molecule has 0 atom stereocenters. The van der Waals surface area contributed by atoms with E-state index in [4.69, 9.17) is 14.6 Å². The van der Waals surface area contributed by atoms with Gasteiger partial charge in [0.05, 0.1) is 7.11 Å². The summed E-state index contributed by atoms with van der Waals surface area (Å²) in [6.45, 7) is 8.97. The van der Waals surface area contributed by atoms with Gasteiger partial charge in [0, 0.05) is 26.1 Å². The van der Waals surface area contributed by atoms with Gasteiger partial charge < -0.3 is 19.7 Å². The molecule has 0 radical (unpaired) electrons. The summed E-state index contributed by atoms with van der Waals surface area (Å²) in [5.74, 6) is 0.0742. The highest BCUT2D eigenvalue weighted by Gasteiger charge is 2.40. The average molecular weight is 540 g/mol. The van der Waals surface area contributed by atoms with E-state index in [0.717, 1.165) is 69.9 Å². The van der Waals surface area contributed by atoms with E-state index in [1.54, 1.807) is 7.11 Å². The number of amides is 1. The number of aryl methyl sites for hydroxylation is 1. The normalized spacial score (nSPS) is 16.9. The number of carbonyl (C=O) groups is 2. The maximum absolute atomic E-state index is 12.7. The molecule has 1 spiro atoms. The number of nitrogens with one attached hydrogen (secondary N) is 1. The summed E-state index contributed by atoms with van der Waals surface area (Å²) < 4.78 is 39.2. The average Bonchev–Trinajstić information content (AvgIpc) is 3.28. The zero-order valence-electron chi connectivity index (χ0n) is 22.1. The van der Waals surface area contributed by atoms with E-state index in [-0.39, 0.29) is 11.3 Å². The van der Waals surface area contributed by atoms with Crippen molar-refractivity contribution in [3.05, 3.63) is 41.5 Å². The Hall–Kier alpha value is -3.15. The van der Waals surface area contributed by atoms with Gasteiger partial charge in [-0.25, -0.2) is 4.79 Å². The number of aromatic nitrogens is 3. The third kappa shape index (κ3) is 7.92. The predicted octanol–water partition coefficient (Wildman–Crippen LogP) is 3.92. The van der Waals surface area contributed by atoms with Gasteiger partial charge in [-0.1, -0.05) is 26.0 Å². The minimum Gasteiger partial charge on any atom is -0.497 e. The minimum atomic E-state index is -5.08. The van der Waals surface area contributed by atoms with Gasteiger partial charge in [0.1, 0.15) is 11.6 Å². The van der Waals surface area contributed by atoms with Crippen LogP contribution in [-0.4, -0.2) is 69.6 Å². The lowest BCUT2D eigenvalue weighted by Gasteiger charge is -2.44. The van der Waals surface area contributed by atoms with E-state index in [1.165, 1.54) is 5.56 Å². The fourth-order valence-electron chi connectivity index (χ4n) is 4.82. The Labute approximate surface area is 220 Å². The molecule has 210 valence electrons. The van der Waals surface area contributed by atoms with E-state index < -0.39 is 12.1 Å². The third-order valence-electron chi connectivity index (χ3n) is 7.11. The third-order valence-corrected chi connectivity index (χ3v) is 7.11. The van der Waals surface area contributed by atoms with Gasteiger partial charge in [0.25, 0.3) is 5.91 Å². The molecule has 1 aromatic carbocycles. The topological polar surface area (TPSA) is 110 Å². The second-order valence-corrected chi connectivity index (χ2v) is 10.4. The first-order chi connectivity index (χ1) is 17.9. The number of hydrogen-bond acceptors (Lipinski definition) is 6. The Kier molecular flexibility index (Phi) is 9.75. The van der Waals surface area contributed by atoms with Gasteiger partial charge >= 0.3 is 12.1 Å². The van der Waals surface area contributed by atoms with Crippen molar-refractivity contribution in [1.82, 2.24) is 25.0 Å². The lowest BCUT2D eigenvalue weighted by atomic mass is 9.73. The minimum absolute atomic E-state index is 0.0908. The molecule has 1 aromatic heterocycles. The van der Waals surface area contributed by atoms with Gasteiger partial charge in [-0.3, -0.25) is 9.69 Å². The molecule has 4 rings (SSSR count). The molecule has 1 saturated heterocycles. The molecule has 3 heterocycles. The summed E-state index contributed by atoms with van der Waals surface area (Å²) in [5, 5.41) is 18.7. The number of alkyl halides is 3. The lowest BCUT2D eigenvalue weighted by molar-refractivity contribution is -0.192. The van der Waals surface area contributed by atoms with Crippen molar-refractivity contribution in [3.63, 3.8) is 0 Å². The smallest absolute Gasteiger partial charge is 0.490 e. The molecule has 2 N–H and O–H groups in total. The Bertz CT molecular complexity index is 1090. The summed E-state index contributed by atoms with van der Waals surface area (Å²) >= 11 is 0. The van der Waals surface area contributed by atoms with Gasteiger partial charge in [-0.05, 0) is 67.8 Å². The molecule has 12 heteroatoms. The second kappa shape index (κ2) is 12.6. The van der Waals surface area contributed by atoms with Gasteiger partial charge in [-0.15, -0.1) is 10.2 Å². The summed E-state index contributed by atoms with van der Waals surface area (Å²) in [4.78, 5) is 24.1. The molecular formula is C26H36F3N5O4. The van der Waals surface area contributed by atoms with Crippen LogP contribution in [0.3, 0.4) is 0 Å². The number of methoxy groups -OCH3 is 1. The van der Waals surface area contributed by atoms with Crippen LogP contribution in [0.25, 0.3) is 0 Å². The van der Waals surface area contributed by atoms with Gasteiger partial charge in [0.2, 0.25) is 5.82 Å². The van der Waals surface area contributed by atoms with Crippen molar-refractivity contribution >= 4 is 11.9 Å². The SMILES string of the molecule is COc1cccc(CN2CCC3(CCc4nnc(C(=O)NCCC(C)C)n4C3)CC2)c1.O=C(O)C(F)(F)F. The van der Waals surface area contributed by atoms with Crippen molar-refractivity contribution in [2.24, 2.45) is 11.3 Å². The van der Waals surface area contributed by atoms with Gasteiger partial charge in [-0.2, -0.15) is 13.2 Å². The first-order valence-electron chi connectivity index (χ1n) is 12.8. The number of fused-ring (bicyclic) bond motifs is 1. The van der Waals surface area contributed by atoms with Crippen molar-refractivity contribution in [3.8, 4) is 5.75 Å². The number of carbonyl (C=O) groups excluding carboxylic acids is 1. The molecule has 38 heavy (non-hydrogen) atoms. The predicted molar refractivity (Wildman–Crippen MR) is 134 cm³/mol. The van der Waals surface area contributed by atoms with E-state index in [2.05, 4.69) is 57.0 Å². The summed E-state index contributed by atoms with van der Waals surface area (Å²) in [5.41, 5.74) is 1.54. The number of hydrogen-bond donors (Lipinski definition) is 2. The van der Waals surface area contributed by atoms with Crippen molar-refractivity contribution < 1.29 is 32.6 Å². The molecule has 0 unspecified atom stereocenters. The number of ether oxygens (including phenoxy) is 1. The fourth-order valence-corrected chi connectivity index (χ4v) is 4.82. The fraction of sp³-hybridized carbons (Fsp3) is 0.615. The molecule has 2 aliphatic rings. The molecule has 0 bridgehead atoms. The van der Waals surface area contributed by atoms with Crippen LogP contribution in [-0.2, 0) is 24.3 Å². The standard InChI is InChI=1S/C24H35N5O2.C2HF3O2/c1-18(2)8-12-25-23(30)22-27-26-21-7-9-24(17-29(21)22)10-13-28(14-11-24)16-19-5-4-6-20(15-19)31-3;3-2(4,5)1(6)7/h4-6,15,18H,7-14,16-17H2,1-3H3,(H,25,30);(H,6,7). The zero-order valence-corrected chi connectivity index (χ0v) is 22.1. The van der Waals surface area contributed by atoms with Crippen molar-refractivity contribution in [2.75, 3.05) is 26.7 Å². The number of aliphatic carboxylic acids is 1. The van der Waals surface area contributed by atoms with Crippen molar-refractivity contribution in [2.45, 2.75) is 65.2 Å². The Morgan fingerprint density at radius 3 is 2.47 bits per heavy atom. The van der Waals surface area contributed by atoms with E-state index in [1.807, 2.05) is 6.07 Å². The van der Waals surface area contributed by atoms with Crippen LogP contribution < -0.4 is 10.1 Å². The monoisotopic (exact) mass is 539 g/mol. The summed E-state index contributed by atoms with van der Waals surface area (Å²) in [6.07, 6.45) is 0.209. The zero-order chi connectivity index (χ0) is 27.9. The Balaban J connectivity index is 0.000000505. The molecule has 9 nitrogen and oxygen atoms in total. The van der Waals surface area contributed by atoms with Crippen LogP contribution in [0.4, 0.5) is 13.2 Å². The first kappa shape index (κ1) is 29.4. The lowest BCUT2D eigenvalue weighted by Crippen LogP contribution is -2.44. The number of piperidine rings is 1. The maximum Gasteiger partial charge on any atom is 0.490 e. The molecule has 2 aliphatic heterocycles. The number of benzene rings is 1. The van der Waals surface area contributed by atoms with Crippen LogP contribution in [0, 0.1) is 11.3 Å². The Morgan fingerprint density at radius 2 is 1.87 bits per heavy atom. The van der Waals surface area contributed by atoms with Crippen molar-refractivity contribution in [1.29, 1.82) is 0 Å². The number of likely N-dealkylation sites (tertiary alicyclic amines) is 1. The van der Waals surface area contributed by atoms with E-state index >= 15 is 0 Å².